The number of carbonyl (C=O) groups is 2. The normalized spacial score (nSPS) is 20.2. The molecular weight excluding hydrogens is 490 g/mol. The minimum Gasteiger partial charge on any atom is -0.507 e. The zero-order chi connectivity index (χ0) is 26.1. The van der Waals surface area contributed by atoms with E-state index in [1.54, 1.807) is 19.1 Å². The molecule has 0 radical (unpaired) electrons. The lowest BCUT2D eigenvalue weighted by atomic mass is 9.94. The summed E-state index contributed by atoms with van der Waals surface area (Å²) < 4.78 is 11.7. The fraction of sp³-hybridized carbons (Fsp3) is 0.357. The molecule has 0 aliphatic carbocycles. The second kappa shape index (κ2) is 10.3. The smallest absolute Gasteiger partial charge is 0.301 e. The molecule has 0 spiro atoms. The van der Waals surface area contributed by atoms with Crippen LogP contribution in [0.25, 0.3) is 5.76 Å². The molecule has 0 saturated carbocycles. The van der Waals surface area contributed by atoms with E-state index < -0.39 is 17.7 Å². The molecule has 9 heteroatoms. The maximum Gasteiger partial charge on any atom is 0.301 e. The van der Waals surface area contributed by atoms with Crippen LogP contribution in [0.4, 0.5) is 5.13 Å². The SMILES string of the molecule is CCCCCOc1cccc([C@H]2C(=C(O)c3ccc4c(c3)C[C@H](C)O4)C(=O)C(=O)N2c2nnc(C)s2)c1. The number of anilines is 1. The van der Waals surface area contributed by atoms with Crippen LogP contribution in [0.3, 0.4) is 0 Å². The molecule has 2 atom stereocenters. The van der Waals surface area contributed by atoms with Crippen molar-refractivity contribution >= 4 is 33.9 Å². The number of nitrogens with zero attached hydrogens (tertiary/aromatic N) is 3. The summed E-state index contributed by atoms with van der Waals surface area (Å²) in [6, 6.07) is 11.7. The summed E-state index contributed by atoms with van der Waals surface area (Å²) in [5.41, 5.74) is 2.05. The number of hydrogen-bond donors (Lipinski definition) is 1. The second-order valence-corrected chi connectivity index (χ2v) is 10.5. The molecule has 2 aliphatic heterocycles. The first-order valence-corrected chi connectivity index (χ1v) is 13.3. The first-order valence-electron chi connectivity index (χ1n) is 12.5. The third kappa shape index (κ3) is 4.83. The van der Waals surface area contributed by atoms with E-state index in [0.717, 1.165) is 30.6 Å². The Morgan fingerprint density at radius 2 is 2.03 bits per heavy atom. The molecule has 1 amide bonds. The molecular formula is C28H29N3O5S. The number of unbranched alkanes of at least 4 members (excludes halogenated alkanes) is 2. The molecule has 1 aromatic heterocycles. The quantitative estimate of drug-likeness (QED) is 0.185. The number of ether oxygens (including phenoxy) is 2. The topological polar surface area (TPSA) is 102 Å². The van der Waals surface area contributed by atoms with E-state index in [1.165, 1.54) is 16.2 Å². The van der Waals surface area contributed by atoms with Gasteiger partial charge in [-0.15, -0.1) is 10.2 Å². The predicted molar refractivity (Wildman–Crippen MR) is 141 cm³/mol. The van der Waals surface area contributed by atoms with E-state index in [0.29, 0.717) is 40.0 Å². The Morgan fingerprint density at radius 3 is 2.78 bits per heavy atom. The van der Waals surface area contributed by atoms with Crippen molar-refractivity contribution in [3.05, 3.63) is 69.7 Å². The summed E-state index contributed by atoms with van der Waals surface area (Å²) in [7, 11) is 0. The van der Waals surface area contributed by atoms with Crippen LogP contribution in [0, 0.1) is 6.92 Å². The van der Waals surface area contributed by atoms with E-state index in [4.69, 9.17) is 9.47 Å². The van der Waals surface area contributed by atoms with Crippen LogP contribution < -0.4 is 14.4 Å². The lowest BCUT2D eigenvalue weighted by Gasteiger charge is -2.23. The molecule has 2 aromatic carbocycles. The number of aliphatic hydroxyl groups is 1. The fourth-order valence-corrected chi connectivity index (χ4v) is 5.48. The van der Waals surface area contributed by atoms with Crippen molar-refractivity contribution < 1.29 is 24.2 Å². The summed E-state index contributed by atoms with van der Waals surface area (Å²) in [5, 5.41) is 20.6. The van der Waals surface area contributed by atoms with Crippen molar-refractivity contribution in [3.63, 3.8) is 0 Å². The minimum atomic E-state index is -0.880. The van der Waals surface area contributed by atoms with Gasteiger partial charge in [0.05, 0.1) is 18.2 Å². The molecule has 5 rings (SSSR count). The Morgan fingerprint density at radius 1 is 1.19 bits per heavy atom. The number of aryl methyl sites for hydroxylation is 1. The molecule has 3 heterocycles. The molecule has 1 fully saturated rings. The molecule has 3 aromatic rings. The van der Waals surface area contributed by atoms with Gasteiger partial charge in [0.15, 0.2) is 0 Å². The highest BCUT2D eigenvalue weighted by Gasteiger charge is 2.48. The van der Waals surface area contributed by atoms with Gasteiger partial charge in [0.2, 0.25) is 5.13 Å². The standard InChI is InChI=1S/C28H29N3O5S/c1-4-5-6-12-35-21-9-7-8-18(15-21)24-23(26(33)27(34)31(24)28-30-29-17(3)37-28)25(32)19-10-11-22-20(14-19)13-16(2)36-22/h7-11,14-16,24,32H,4-6,12-13H2,1-3H3/t16-,24-/m0/s1. The molecule has 1 N–H and O–H groups in total. The number of carbonyl (C=O) groups excluding carboxylic acids is 2. The minimum absolute atomic E-state index is 0.00731. The molecule has 0 bridgehead atoms. The molecule has 1 saturated heterocycles. The van der Waals surface area contributed by atoms with Crippen molar-refractivity contribution in [1.82, 2.24) is 10.2 Å². The van der Waals surface area contributed by atoms with Gasteiger partial charge in [0, 0.05) is 12.0 Å². The van der Waals surface area contributed by atoms with Crippen LogP contribution in [0.5, 0.6) is 11.5 Å². The Hall–Kier alpha value is -3.72. The predicted octanol–water partition coefficient (Wildman–Crippen LogP) is 5.37. The molecule has 192 valence electrons. The van der Waals surface area contributed by atoms with Crippen molar-refractivity contribution in [2.45, 2.75) is 58.6 Å². The van der Waals surface area contributed by atoms with E-state index in [1.807, 2.05) is 37.3 Å². The number of aromatic nitrogens is 2. The summed E-state index contributed by atoms with van der Waals surface area (Å²) in [6.45, 7) is 6.47. The van der Waals surface area contributed by atoms with Crippen LogP contribution in [-0.2, 0) is 16.0 Å². The first-order chi connectivity index (χ1) is 17.9. The van der Waals surface area contributed by atoms with Crippen molar-refractivity contribution in [2.75, 3.05) is 11.5 Å². The summed E-state index contributed by atoms with van der Waals surface area (Å²) in [6.07, 6.45) is 3.84. The fourth-order valence-electron chi connectivity index (χ4n) is 4.77. The Bertz CT molecular complexity index is 1380. The third-order valence-corrected chi connectivity index (χ3v) is 7.36. The summed E-state index contributed by atoms with van der Waals surface area (Å²) in [5.74, 6) is -0.358. The maximum atomic E-state index is 13.4. The Kier molecular flexibility index (Phi) is 6.97. The van der Waals surface area contributed by atoms with Crippen LogP contribution >= 0.6 is 11.3 Å². The number of fused-ring (bicyclic) bond motifs is 1. The van der Waals surface area contributed by atoms with Crippen LogP contribution in [0.1, 0.15) is 60.8 Å². The number of rotatable bonds is 8. The zero-order valence-corrected chi connectivity index (χ0v) is 21.9. The van der Waals surface area contributed by atoms with Crippen LogP contribution in [-0.4, -0.2) is 39.7 Å². The number of benzene rings is 2. The lowest BCUT2D eigenvalue weighted by Crippen LogP contribution is -2.29. The highest BCUT2D eigenvalue weighted by Crippen LogP contribution is 2.44. The number of aliphatic hydroxyl groups excluding tert-OH is 1. The van der Waals surface area contributed by atoms with Gasteiger partial charge in [-0.1, -0.05) is 43.2 Å². The van der Waals surface area contributed by atoms with Gasteiger partial charge in [-0.3, -0.25) is 14.5 Å². The van der Waals surface area contributed by atoms with Gasteiger partial charge in [0.25, 0.3) is 5.78 Å². The number of ketones is 1. The van der Waals surface area contributed by atoms with Crippen molar-refractivity contribution in [1.29, 1.82) is 0 Å². The molecule has 0 unspecified atom stereocenters. The second-order valence-electron chi connectivity index (χ2n) is 9.36. The molecule has 8 nitrogen and oxygen atoms in total. The third-order valence-electron chi connectivity index (χ3n) is 6.53. The number of hydrogen-bond acceptors (Lipinski definition) is 8. The highest BCUT2D eigenvalue weighted by atomic mass is 32.1. The van der Waals surface area contributed by atoms with Gasteiger partial charge in [0.1, 0.15) is 28.4 Å². The summed E-state index contributed by atoms with van der Waals surface area (Å²) in [4.78, 5) is 28.0. The zero-order valence-electron chi connectivity index (χ0n) is 21.1. The van der Waals surface area contributed by atoms with Gasteiger partial charge < -0.3 is 14.6 Å². The van der Waals surface area contributed by atoms with E-state index in [2.05, 4.69) is 17.1 Å². The average molecular weight is 520 g/mol. The average Bonchev–Trinajstić information content (AvgIpc) is 3.56. The van der Waals surface area contributed by atoms with E-state index in [9.17, 15) is 14.7 Å². The summed E-state index contributed by atoms with van der Waals surface area (Å²) >= 11 is 1.22. The van der Waals surface area contributed by atoms with Gasteiger partial charge in [-0.05, 0) is 61.7 Å². The Labute approximate surface area is 219 Å². The van der Waals surface area contributed by atoms with Crippen molar-refractivity contribution in [2.24, 2.45) is 0 Å². The van der Waals surface area contributed by atoms with E-state index in [-0.39, 0.29) is 17.4 Å². The monoisotopic (exact) mass is 519 g/mol. The highest BCUT2D eigenvalue weighted by molar-refractivity contribution is 7.15. The number of Topliss-reactive ketones (excluding diaryl/α,β-unsaturated/α-hetero) is 1. The molecule has 2 aliphatic rings. The van der Waals surface area contributed by atoms with Crippen LogP contribution in [0.15, 0.2) is 48.0 Å². The maximum absolute atomic E-state index is 13.4. The number of amides is 1. The van der Waals surface area contributed by atoms with Gasteiger partial charge >= 0.3 is 5.91 Å². The van der Waals surface area contributed by atoms with Gasteiger partial charge in [-0.2, -0.15) is 0 Å². The Balaban J connectivity index is 1.60. The van der Waals surface area contributed by atoms with E-state index >= 15 is 0 Å². The lowest BCUT2D eigenvalue weighted by molar-refractivity contribution is -0.132. The largest absolute Gasteiger partial charge is 0.507 e. The molecule has 37 heavy (non-hydrogen) atoms. The first kappa shape index (κ1) is 25.0. The van der Waals surface area contributed by atoms with Crippen LogP contribution in [0.2, 0.25) is 0 Å². The van der Waals surface area contributed by atoms with Gasteiger partial charge in [-0.25, -0.2) is 0 Å². The van der Waals surface area contributed by atoms with Crippen molar-refractivity contribution in [3.8, 4) is 11.5 Å².